The van der Waals surface area contributed by atoms with Crippen LogP contribution in [0.2, 0.25) is 0 Å². The van der Waals surface area contributed by atoms with Crippen LogP contribution in [0.25, 0.3) is 71.6 Å². The molecule has 2 aliphatic heterocycles. The molecular formula is C38H22BN3. The monoisotopic (exact) mass is 531 g/mol. The number of hydrogen-bond donors (Lipinski definition) is 0. The standard InChI is InChI=1S/C38H22BN3/c1-2-12-23(13-3-1)40-32-20-10-6-16-26(32)37-38(40)39-29-17-7-11-21-33(29)41-30-18-8-4-14-24(30)27-22-28-25-15-5-9-19-31(25)42(37)36(28)34(39)35(27)41/h1-22H. The van der Waals surface area contributed by atoms with Gasteiger partial charge in [0.15, 0.2) is 0 Å². The van der Waals surface area contributed by atoms with Gasteiger partial charge in [-0.15, -0.1) is 0 Å². The molecule has 0 N–H and O–H groups in total. The van der Waals surface area contributed by atoms with Crippen molar-refractivity contribution < 1.29 is 0 Å². The van der Waals surface area contributed by atoms with Crippen LogP contribution in [0.5, 0.6) is 0 Å². The summed E-state index contributed by atoms with van der Waals surface area (Å²) >= 11 is 0. The summed E-state index contributed by atoms with van der Waals surface area (Å²) in [7, 11) is 0. The number of rotatable bonds is 1. The molecule has 0 bridgehead atoms. The molecule has 2 aliphatic rings. The zero-order valence-electron chi connectivity index (χ0n) is 22.6. The molecule has 0 aliphatic carbocycles. The maximum absolute atomic E-state index is 2.59. The Hall–Kier alpha value is -5.48. The van der Waals surface area contributed by atoms with Crippen molar-refractivity contribution in [2.75, 3.05) is 0 Å². The van der Waals surface area contributed by atoms with E-state index >= 15 is 0 Å². The first kappa shape index (κ1) is 21.3. The minimum absolute atomic E-state index is 0.0867. The molecule has 0 amide bonds. The molecule has 0 saturated heterocycles. The number of fused-ring (bicyclic) bond motifs is 14. The summed E-state index contributed by atoms with van der Waals surface area (Å²) in [5.74, 6) is 0. The lowest BCUT2D eigenvalue weighted by atomic mass is 9.35. The highest BCUT2D eigenvalue weighted by Gasteiger charge is 2.44. The predicted octanol–water partition coefficient (Wildman–Crippen LogP) is 6.97. The highest BCUT2D eigenvalue weighted by molar-refractivity contribution is 7.00. The average Bonchev–Trinajstić information content (AvgIpc) is 3.69. The smallest absolute Gasteiger partial charge is 0.273 e. The molecule has 9 aromatic rings. The van der Waals surface area contributed by atoms with Crippen LogP contribution in [0.1, 0.15) is 0 Å². The lowest BCUT2D eigenvalue weighted by Crippen LogP contribution is -2.61. The molecule has 11 rings (SSSR count). The molecule has 42 heavy (non-hydrogen) atoms. The summed E-state index contributed by atoms with van der Waals surface area (Å²) in [5.41, 5.74) is 14.4. The van der Waals surface area contributed by atoms with Gasteiger partial charge >= 0.3 is 0 Å². The molecule has 3 nitrogen and oxygen atoms in total. The number of benzene rings is 6. The molecule has 0 spiro atoms. The van der Waals surface area contributed by atoms with Crippen LogP contribution >= 0.6 is 0 Å². The van der Waals surface area contributed by atoms with Gasteiger partial charge in [0, 0.05) is 43.9 Å². The Bertz CT molecular complexity index is 2630. The van der Waals surface area contributed by atoms with Crippen molar-refractivity contribution in [1.82, 2.24) is 13.7 Å². The molecular weight excluding hydrogens is 509 g/mol. The van der Waals surface area contributed by atoms with E-state index in [2.05, 4.69) is 147 Å². The van der Waals surface area contributed by atoms with E-state index in [0.29, 0.717) is 0 Å². The van der Waals surface area contributed by atoms with Gasteiger partial charge in [-0.25, -0.2) is 0 Å². The molecule has 3 aromatic heterocycles. The van der Waals surface area contributed by atoms with Gasteiger partial charge in [-0.1, -0.05) is 91.0 Å². The minimum Gasteiger partial charge on any atom is -0.319 e. The molecule has 6 aromatic carbocycles. The van der Waals surface area contributed by atoms with Crippen molar-refractivity contribution in [2.45, 2.75) is 0 Å². The lowest BCUT2D eigenvalue weighted by molar-refractivity contribution is 1.12. The van der Waals surface area contributed by atoms with Crippen molar-refractivity contribution in [2.24, 2.45) is 0 Å². The lowest BCUT2D eigenvalue weighted by Gasteiger charge is -2.32. The molecule has 4 heteroatoms. The summed E-state index contributed by atoms with van der Waals surface area (Å²) in [6.45, 7) is 0.0867. The summed E-state index contributed by atoms with van der Waals surface area (Å²) in [6, 6.07) is 49.3. The number of hydrogen-bond acceptors (Lipinski definition) is 0. The molecule has 5 heterocycles. The Kier molecular flexibility index (Phi) is 3.67. The van der Waals surface area contributed by atoms with Crippen LogP contribution < -0.4 is 16.5 Å². The molecule has 0 saturated carbocycles. The topological polar surface area (TPSA) is 14.8 Å². The number of aromatic nitrogens is 3. The fourth-order valence-electron chi connectivity index (χ4n) is 8.34. The van der Waals surface area contributed by atoms with Crippen molar-refractivity contribution in [3.8, 4) is 17.1 Å². The zero-order valence-corrected chi connectivity index (χ0v) is 22.6. The van der Waals surface area contributed by atoms with E-state index < -0.39 is 0 Å². The highest BCUT2D eigenvalue weighted by Crippen LogP contribution is 2.43. The molecule has 0 unspecified atom stereocenters. The fraction of sp³-hybridized carbons (Fsp3) is 0. The van der Waals surface area contributed by atoms with Crippen LogP contribution in [-0.4, -0.2) is 20.4 Å². The zero-order chi connectivity index (χ0) is 27.1. The van der Waals surface area contributed by atoms with Gasteiger partial charge < -0.3 is 13.7 Å². The largest absolute Gasteiger partial charge is 0.319 e. The van der Waals surface area contributed by atoms with Crippen LogP contribution in [-0.2, 0) is 0 Å². The van der Waals surface area contributed by atoms with Crippen molar-refractivity contribution in [1.29, 1.82) is 0 Å². The third-order valence-corrected chi connectivity index (χ3v) is 9.80. The molecule has 0 radical (unpaired) electrons. The van der Waals surface area contributed by atoms with Gasteiger partial charge in [0.05, 0.1) is 33.3 Å². The van der Waals surface area contributed by atoms with Gasteiger partial charge in [0.2, 0.25) is 0 Å². The Labute approximate surface area is 241 Å². The first-order chi connectivity index (χ1) is 20.9. The van der Waals surface area contributed by atoms with E-state index in [-0.39, 0.29) is 6.71 Å². The summed E-state index contributed by atoms with van der Waals surface area (Å²) < 4.78 is 7.66. The van der Waals surface area contributed by atoms with Crippen LogP contribution in [0.4, 0.5) is 0 Å². The number of nitrogens with zero attached hydrogens (tertiary/aromatic N) is 3. The fourth-order valence-corrected chi connectivity index (χ4v) is 8.34. The van der Waals surface area contributed by atoms with Crippen LogP contribution in [0.15, 0.2) is 133 Å². The van der Waals surface area contributed by atoms with Gasteiger partial charge in [-0.2, -0.15) is 0 Å². The summed E-state index contributed by atoms with van der Waals surface area (Å²) in [5, 5.41) is 6.58. The summed E-state index contributed by atoms with van der Waals surface area (Å²) in [4.78, 5) is 0. The second-order valence-corrected chi connectivity index (χ2v) is 11.7. The van der Waals surface area contributed by atoms with Gasteiger partial charge in [-0.3, -0.25) is 0 Å². The Morgan fingerprint density at radius 3 is 1.71 bits per heavy atom. The first-order valence-corrected chi connectivity index (χ1v) is 14.7. The second-order valence-electron chi connectivity index (χ2n) is 11.7. The minimum atomic E-state index is 0.0867. The molecule has 192 valence electrons. The predicted molar refractivity (Wildman–Crippen MR) is 177 cm³/mol. The van der Waals surface area contributed by atoms with Gasteiger partial charge in [-0.05, 0) is 53.4 Å². The molecule has 0 atom stereocenters. The van der Waals surface area contributed by atoms with Crippen LogP contribution in [0, 0.1) is 0 Å². The Morgan fingerprint density at radius 2 is 0.976 bits per heavy atom. The second kappa shape index (κ2) is 7.23. The maximum atomic E-state index is 2.59. The Balaban J connectivity index is 1.50. The van der Waals surface area contributed by atoms with Crippen molar-refractivity contribution in [3.63, 3.8) is 0 Å². The third kappa shape index (κ3) is 2.28. The summed E-state index contributed by atoms with van der Waals surface area (Å²) in [6.07, 6.45) is 0. The van der Waals surface area contributed by atoms with Gasteiger partial charge in [0.25, 0.3) is 6.71 Å². The normalized spacial score (nSPS) is 13.2. The van der Waals surface area contributed by atoms with E-state index in [1.165, 1.54) is 88.1 Å². The third-order valence-electron chi connectivity index (χ3n) is 9.80. The van der Waals surface area contributed by atoms with Crippen LogP contribution in [0.3, 0.4) is 0 Å². The van der Waals surface area contributed by atoms with E-state index in [0.717, 1.165) is 0 Å². The van der Waals surface area contributed by atoms with E-state index in [9.17, 15) is 0 Å². The SMILES string of the molecule is c1ccc(-n2c3c(c4ccccc42)-n2c4ccccc4c4cc5c6ccccc6n6c5c(c42)B3c2ccccc2-6)cc1. The van der Waals surface area contributed by atoms with E-state index in [4.69, 9.17) is 0 Å². The average molecular weight is 531 g/mol. The number of para-hydroxylation sites is 5. The van der Waals surface area contributed by atoms with E-state index in [1.807, 2.05) is 0 Å². The van der Waals surface area contributed by atoms with Crippen molar-refractivity contribution in [3.05, 3.63) is 133 Å². The van der Waals surface area contributed by atoms with E-state index in [1.54, 1.807) is 0 Å². The maximum Gasteiger partial charge on any atom is 0.273 e. The Morgan fingerprint density at radius 1 is 0.429 bits per heavy atom. The quantitative estimate of drug-likeness (QED) is 0.203. The first-order valence-electron chi connectivity index (χ1n) is 14.7. The molecule has 0 fully saturated rings. The van der Waals surface area contributed by atoms with Gasteiger partial charge in [0.1, 0.15) is 0 Å². The van der Waals surface area contributed by atoms with Crippen molar-refractivity contribution >= 4 is 77.7 Å². The highest BCUT2D eigenvalue weighted by atomic mass is 15.1.